The molecule has 0 aromatic heterocycles. The summed E-state index contributed by atoms with van der Waals surface area (Å²) in [6.45, 7) is 0.227. The van der Waals surface area contributed by atoms with Crippen LogP contribution in [0.4, 0.5) is 0 Å². The fraction of sp³-hybridized carbons (Fsp3) is 0.400. The van der Waals surface area contributed by atoms with E-state index in [0.29, 0.717) is 0 Å². The van der Waals surface area contributed by atoms with E-state index in [-0.39, 0.29) is 12.0 Å². The second-order valence-electron chi connectivity index (χ2n) is 3.57. The highest BCUT2D eigenvalue weighted by atomic mass is 79.9. The first-order chi connectivity index (χ1) is 6.18. The van der Waals surface area contributed by atoms with Gasteiger partial charge in [0.1, 0.15) is 0 Å². The summed E-state index contributed by atoms with van der Waals surface area (Å²) in [4.78, 5) is 0. The lowest BCUT2D eigenvalue weighted by atomic mass is 9.97. The van der Waals surface area contributed by atoms with E-state index < -0.39 is 0 Å². The van der Waals surface area contributed by atoms with Crippen molar-refractivity contribution in [3.8, 4) is 0 Å². The summed E-state index contributed by atoms with van der Waals surface area (Å²) in [5.74, 6) is 0. The molecular formula is C10H10BrClO. The van der Waals surface area contributed by atoms with E-state index in [1.807, 2.05) is 18.2 Å². The standard InChI is InChI=1S/C10H10BrClO/c11-8-2-1-7(5-9(8)12)10(6-13)3-4-10/h1-2,5,13H,3-4,6H2. The molecule has 2 rings (SSSR count). The van der Waals surface area contributed by atoms with Crippen LogP contribution < -0.4 is 0 Å². The van der Waals surface area contributed by atoms with E-state index in [1.165, 1.54) is 0 Å². The molecule has 1 aliphatic carbocycles. The van der Waals surface area contributed by atoms with Crippen molar-refractivity contribution in [2.45, 2.75) is 18.3 Å². The van der Waals surface area contributed by atoms with Crippen LogP contribution in [0.25, 0.3) is 0 Å². The van der Waals surface area contributed by atoms with Crippen LogP contribution >= 0.6 is 27.5 Å². The summed E-state index contributed by atoms with van der Waals surface area (Å²) in [7, 11) is 0. The van der Waals surface area contributed by atoms with Gasteiger partial charge in [0.15, 0.2) is 0 Å². The van der Waals surface area contributed by atoms with Crippen molar-refractivity contribution in [1.82, 2.24) is 0 Å². The maximum absolute atomic E-state index is 9.22. The Morgan fingerprint density at radius 3 is 2.62 bits per heavy atom. The minimum atomic E-state index is 0.0182. The molecule has 1 aromatic rings. The Morgan fingerprint density at radius 2 is 2.15 bits per heavy atom. The smallest absolute Gasteiger partial charge is 0.0551 e. The minimum Gasteiger partial charge on any atom is -0.395 e. The fourth-order valence-corrected chi connectivity index (χ4v) is 1.94. The Kier molecular flexibility index (Phi) is 2.39. The zero-order valence-electron chi connectivity index (χ0n) is 7.06. The molecule has 0 radical (unpaired) electrons. The van der Waals surface area contributed by atoms with Gasteiger partial charge >= 0.3 is 0 Å². The van der Waals surface area contributed by atoms with Crippen molar-refractivity contribution in [3.63, 3.8) is 0 Å². The maximum atomic E-state index is 9.22. The second-order valence-corrected chi connectivity index (χ2v) is 4.83. The van der Waals surface area contributed by atoms with E-state index in [2.05, 4.69) is 15.9 Å². The van der Waals surface area contributed by atoms with E-state index in [1.54, 1.807) is 0 Å². The molecule has 3 heteroatoms. The Morgan fingerprint density at radius 1 is 1.46 bits per heavy atom. The summed E-state index contributed by atoms with van der Waals surface area (Å²) in [6, 6.07) is 5.90. The molecule has 1 fully saturated rings. The van der Waals surface area contributed by atoms with Crippen molar-refractivity contribution in [1.29, 1.82) is 0 Å². The van der Waals surface area contributed by atoms with Gasteiger partial charge < -0.3 is 5.11 Å². The largest absolute Gasteiger partial charge is 0.395 e. The first kappa shape index (κ1) is 9.50. The van der Waals surface area contributed by atoms with Gasteiger partial charge in [0.2, 0.25) is 0 Å². The summed E-state index contributed by atoms with van der Waals surface area (Å²) in [5.41, 5.74) is 1.17. The molecule has 0 atom stereocenters. The second kappa shape index (κ2) is 3.26. The highest BCUT2D eigenvalue weighted by molar-refractivity contribution is 9.10. The summed E-state index contributed by atoms with van der Waals surface area (Å²) >= 11 is 9.32. The summed E-state index contributed by atoms with van der Waals surface area (Å²) in [5, 5.41) is 9.94. The van der Waals surface area contributed by atoms with Crippen LogP contribution in [0.3, 0.4) is 0 Å². The van der Waals surface area contributed by atoms with Gasteiger partial charge in [0, 0.05) is 9.89 Å². The predicted octanol–water partition coefficient (Wildman–Crippen LogP) is 3.13. The Hall–Kier alpha value is -0.0500. The molecule has 0 unspecified atom stereocenters. The zero-order chi connectivity index (χ0) is 9.47. The molecule has 1 nitrogen and oxygen atoms in total. The van der Waals surface area contributed by atoms with E-state index >= 15 is 0 Å². The van der Waals surface area contributed by atoms with Crippen molar-refractivity contribution in [2.24, 2.45) is 0 Å². The van der Waals surface area contributed by atoms with Crippen molar-refractivity contribution in [2.75, 3.05) is 6.61 Å². The molecule has 1 N–H and O–H groups in total. The van der Waals surface area contributed by atoms with Crippen molar-refractivity contribution >= 4 is 27.5 Å². The highest BCUT2D eigenvalue weighted by Crippen LogP contribution is 2.48. The van der Waals surface area contributed by atoms with Gasteiger partial charge in [0.25, 0.3) is 0 Å². The zero-order valence-corrected chi connectivity index (χ0v) is 9.40. The van der Waals surface area contributed by atoms with Gasteiger partial charge in [-0.3, -0.25) is 0 Å². The quantitative estimate of drug-likeness (QED) is 0.867. The number of hydrogen-bond donors (Lipinski definition) is 1. The maximum Gasteiger partial charge on any atom is 0.0551 e. The Bertz CT molecular complexity index is 334. The van der Waals surface area contributed by atoms with Gasteiger partial charge in [-0.25, -0.2) is 0 Å². The van der Waals surface area contributed by atoms with Gasteiger partial charge in [-0.05, 0) is 46.5 Å². The van der Waals surface area contributed by atoms with Crippen molar-refractivity contribution < 1.29 is 5.11 Å². The molecule has 0 saturated heterocycles. The van der Waals surface area contributed by atoms with Gasteiger partial charge in [-0.1, -0.05) is 17.7 Å². The normalized spacial score (nSPS) is 18.7. The number of benzene rings is 1. The third-order valence-corrected chi connectivity index (χ3v) is 3.92. The van der Waals surface area contributed by atoms with Crippen LogP contribution in [-0.4, -0.2) is 11.7 Å². The Labute approximate surface area is 90.9 Å². The van der Waals surface area contributed by atoms with Gasteiger partial charge in [0.05, 0.1) is 11.6 Å². The number of halogens is 2. The average molecular weight is 262 g/mol. The SMILES string of the molecule is OCC1(c2ccc(Br)c(Cl)c2)CC1. The van der Waals surface area contributed by atoms with Crippen molar-refractivity contribution in [3.05, 3.63) is 33.3 Å². The molecule has 1 aliphatic rings. The van der Waals surface area contributed by atoms with E-state index in [4.69, 9.17) is 11.6 Å². The molecule has 1 aromatic carbocycles. The molecule has 0 aliphatic heterocycles. The molecule has 0 amide bonds. The highest BCUT2D eigenvalue weighted by Gasteiger charge is 2.43. The first-order valence-electron chi connectivity index (χ1n) is 4.24. The summed E-state index contributed by atoms with van der Waals surface area (Å²) in [6.07, 6.45) is 2.14. The fourth-order valence-electron chi connectivity index (χ4n) is 1.51. The van der Waals surface area contributed by atoms with Crippen LogP contribution in [0, 0.1) is 0 Å². The number of rotatable bonds is 2. The van der Waals surface area contributed by atoms with Gasteiger partial charge in [-0.2, -0.15) is 0 Å². The lowest BCUT2D eigenvalue weighted by molar-refractivity contribution is 0.255. The predicted molar refractivity (Wildman–Crippen MR) is 57.1 cm³/mol. The molecular weight excluding hydrogens is 251 g/mol. The molecule has 1 saturated carbocycles. The molecule has 13 heavy (non-hydrogen) atoms. The number of hydrogen-bond acceptors (Lipinski definition) is 1. The van der Waals surface area contributed by atoms with Gasteiger partial charge in [-0.15, -0.1) is 0 Å². The lowest BCUT2D eigenvalue weighted by Gasteiger charge is -2.12. The first-order valence-corrected chi connectivity index (χ1v) is 5.41. The Balaban J connectivity index is 2.37. The third kappa shape index (κ3) is 1.63. The van der Waals surface area contributed by atoms with Crippen LogP contribution in [0.15, 0.2) is 22.7 Å². The van der Waals surface area contributed by atoms with Crippen LogP contribution in [-0.2, 0) is 5.41 Å². The average Bonchev–Trinajstić information content (AvgIpc) is 2.90. The molecule has 0 bridgehead atoms. The van der Waals surface area contributed by atoms with Crippen LogP contribution in [0.2, 0.25) is 5.02 Å². The number of aliphatic hydroxyl groups is 1. The third-order valence-electron chi connectivity index (χ3n) is 2.69. The monoisotopic (exact) mass is 260 g/mol. The summed E-state index contributed by atoms with van der Waals surface area (Å²) < 4.78 is 0.909. The lowest BCUT2D eigenvalue weighted by Crippen LogP contribution is -2.11. The number of aliphatic hydroxyl groups excluding tert-OH is 1. The van der Waals surface area contributed by atoms with Crippen LogP contribution in [0.1, 0.15) is 18.4 Å². The van der Waals surface area contributed by atoms with Crippen LogP contribution in [0.5, 0.6) is 0 Å². The minimum absolute atomic E-state index is 0.0182. The molecule has 0 heterocycles. The molecule has 70 valence electrons. The molecule has 0 spiro atoms. The van der Waals surface area contributed by atoms with E-state index in [0.717, 1.165) is 27.9 Å². The topological polar surface area (TPSA) is 20.2 Å². The van der Waals surface area contributed by atoms with E-state index in [9.17, 15) is 5.11 Å².